The summed E-state index contributed by atoms with van der Waals surface area (Å²) in [4.78, 5) is 0. The van der Waals surface area contributed by atoms with Crippen molar-refractivity contribution in [2.75, 3.05) is 0 Å². The molecule has 3 nitrogen and oxygen atoms in total. The Balaban J connectivity index is 1.48. The molecule has 0 atom stereocenters. The number of nitrogens with zero attached hydrogens (tertiary/aromatic N) is 1. The Bertz CT molecular complexity index is 2140. The van der Waals surface area contributed by atoms with E-state index in [1.807, 2.05) is 12.2 Å². The van der Waals surface area contributed by atoms with E-state index in [4.69, 9.17) is 11.5 Å². The Morgan fingerprint density at radius 3 is 2.27 bits per heavy atom. The average Bonchev–Trinajstić information content (AvgIpc) is 3.43. The minimum Gasteiger partial charge on any atom is -0.405 e. The van der Waals surface area contributed by atoms with Crippen LogP contribution in [0.5, 0.6) is 0 Å². The minimum absolute atomic E-state index is 0.923. The van der Waals surface area contributed by atoms with Crippen LogP contribution in [0.2, 0.25) is 0 Å². The van der Waals surface area contributed by atoms with Crippen LogP contribution in [0.15, 0.2) is 152 Å². The Labute approximate surface area is 265 Å². The number of aromatic nitrogens is 1. The Morgan fingerprint density at radius 1 is 0.689 bits per heavy atom. The molecule has 3 heteroatoms. The first kappa shape index (κ1) is 29.5. The highest BCUT2D eigenvalue weighted by Crippen LogP contribution is 2.39. The first-order chi connectivity index (χ1) is 22.1. The summed E-state index contributed by atoms with van der Waals surface area (Å²) in [5.41, 5.74) is 22.1. The van der Waals surface area contributed by atoms with E-state index in [1.54, 1.807) is 12.4 Å². The molecule has 222 valence electrons. The average molecular weight is 586 g/mol. The van der Waals surface area contributed by atoms with Gasteiger partial charge in [0, 0.05) is 28.0 Å². The Morgan fingerprint density at radius 2 is 1.47 bits per heavy atom. The summed E-state index contributed by atoms with van der Waals surface area (Å²) in [5.74, 6) is 0. The molecular weight excluding hydrogens is 546 g/mol. The van der Waals surface area contributed by atoms with Crippen LogP contribution in [0.4, 0.5) is 0 Å². The molecule has 0 bridgehead atoms. The van der Waals surface area contributed by atoms with Gasteiger partial charge >= 0.3 is 0 Å². The third-order valence-electron chi connectivity index (χ3n) is 8.51. The van der Waals surface area contributed by atoms with Crippen LogP contribution < -0.4 is 11.5 Å². The predicted octanol–water partition coefficient (Wildman–Crippen LogP) is 10.7. The molecule has 0 spiro atoms. The number of nitrogens with two attached hydrogens (primary N) is 2. The summed E-state index contributed by atoms with van der Waals surface area (Å²) < 4.78 is 2.40. The molecule has 0 aliphatic heterocycles. The van der Waals surface area contributed by atoms with Crippen LogP contribution in [-0.4, -0.2) is 4.57 Å². The van der Waals surface area contributed by atoms with E-state index in [2.05, 4.69) is 146 Å². The van der Waals surface area contributed by atoms with Gasteiger partial charge in [-0.05, 0) is 108 Å². The zero-order chi connectivity index (χ0) is 31.2. The van der Waals surface area contributed by atoms with E-state index in [9.17, 15) is 0 Å². The highest BCUT2D eigenvalue weighted by molar-refractivity contribution is 6.19. The van der Waals surface area contributed by atoms with Crippen LogP contribution in [0.1, 0.15) is 37.8 Å². The van der Waals surface area contributed by atoms with E-state index < -0.39 is 0 Å². The first-order valence-corrected chi connectivity index (χ1v) is 15.5. The fraction of sp³-hybridized carbons (Fsp3) is 0.0952. The number of unbranched alkanes of at least 4 members (excludes halogenated alkanes) is 1. The van der Waals surface area contributed by atoms with E-state index in [-0.39, 0.29) is 0 Å². The van der Waals surface area contributed by atoms with Crippen molar-refractivity contribution in [1.29, 1.82) is 0 Å². The fourth-order valence-electron chi connectivity index (χ4n) is 6.04. The second kappa shape index (κ2) is 13.4. The van der Waals surface area contributed by atoms with Gasteiger partial charge in [0.05, 0.1) is 11.0 Å². The Hall–Kier alpha value is -5.54. The standard InChI is InChI=1S/C42H39N3/c1-3-30(2)31-15-13-16-32(26-31)33-19-22-38-35(27-33)21-24-40-39-23-20-34(36(29-44)14-9-6-4-5-7-12-25-43)28-41(39)45(42(38)40)37-17-10-8-11-18-37/h3,5,7-29H,4,6,43-44H2,1-2H3/b7-5-,14-9-,25-12-,30-3+,36-29+. The maximum absolute atomic E-state index is 6.16. The van der Waals surface area contributed by atoms with E-state index in [0.717, 1.165) is 35.2 Å². The number of fused-ring (bicyclic) bond motifs is 5. The molecule has 0 radical (unpaired) electrons. The van der Waals surface area contributed by atoms with Crippen molar-refractivity contribution in [3.8, 4) is 16.8 Å². The second-order valence-corrected chi connectivity index (χ2v) is 11.3. The van der Waals surface area contributed by atoms with Crippen LogP contribution >= 0.6 is 0 Å². The highest BCUT2D eigenvalue weighted by Gasteiger charge is 2.16. The van der Waals surface area contributed by atoms with Gasteiger partial charge in [0.15, 0.2) is 0 Å². The molecule has 0 saturated heterocycles. The van der Waals surface area contributed by atoms with Crippen molar-refractivity contribution in [2.45, 2.75) is 26.7 Å². The first-order valence-electron chi connectivity index (χ1n) is 15.5. The third kappa shape index (κ3) is 5.98. The summed E-state index contributed by atoms with van der Waals surface area (Å²) in [6.07, 6.45) is 17.5. The van der Waals surface area contributed by atoms with Crippen molar-refractivity contribution in [1.82, 2.24) is 4.57 Å². The maximum Gasteiger partial charge on any atom is 0.0619 e. The van der Waals surface area contributed by atoms with Crippen LogP contribution in [0.25, 0.3) is 60.5 Å². The van der Waals surface area contributed by atoms with Gasteiger partial charge in [-0.25, -0.2) is 0 Å². The highest BCUT2D eigenvalue weighted by atomic mass is 15.0. The smallest absolute Gasteiger partial charge is 0.0619 e. The molecule has 4 N–H and O–H groups in total. The van der Waals surface area contributed by atoms with E-state index in [1.165, 1.54) is 49.3 Å². The molecule has 1 heterocycles. The molecule has 0 saturated carbocycles. The second-order valence-electron chi connectivity index (χ2n) is 11.3. The quantitative estimate of drug-likeness (QED) is 0.131. The van der Waals surface area contributed by atoms with Crippen LogP contribution in [0, 0.1) is 0 Å². The number of benzene rings is 5. The summed E-state index contributed by atoms with van der Waals surface area (Å²) in [5, 5.41) is 4.90. The largest absolute Gasteiger partial charge is 0.405 e. The monoisotopic (exact) mass is 585 g/mol. The molecule has 0 unspecified atom stereocenters. The molecule has 0 aliphatic rings. The number of rotatable bonds is 9. The van der Waals surface area contributed by atoms with Crippen molar-refractivity contribution in [3.05, 3.63) is 163 Å². The summed E-state index contributed by atoms with van der Waals surface area (Å²) in [6.45, 7) is 4.25. The molecule has 5 aromatic carbocycles. The molecule has 0 fully saturated rings. The number of hydrogen-bond donors (Lipinski definition) is 2. The number of para-hydroxylation sites is 1. The topological polar surface area (TPSA) is 57.0 Å². The maximum atomic E-state index is 6.16. The summed E-state index contributed by atoms with van der Waals surface area (Å²) >= 11 is 0. The third-order valence-corrected chi connectivity index (χ3v) is 8.51. The lowest BCUT2D eigenvalue weighted by atomic mass is 9.96. The summed E-state index contributed by atoms with van der Waals surface area (Å²) in [6, 6.07) is 37.5. The molecule has 45 heavy (non-hydrogen) atoms. The zero-order valence-corrected chi connectivity index (χ0v) is 25.9. The Kier molecular flexibility index (Phi) is 8.79. The molecule has 6 rings (SSSR count). The molecule has 0 amide bonds. The molecular formula is C42H39N3. The molecule has 0 aliphatic carbocycles. The lowest BCUT2D eigenvalue weighted by molar-refractivity contribution is 1.05. The van der Waals surface area contributed by atoms with Gasteiger partial charge in [0.1, 0.15) is 0 Å². The van der Waals surface area contributed by atoms with Crippen LogP contribution in [0.3, 0.4) is 0 Å². The predicted molar refractivity (Wildman–Crippen MR) is 196 cm³/mol. The van der Waals surface area contributed by atoms with E-state index in [0.29, 0.717) is 0 Å². The molecule has 1 aromatic heterocycles. The van der Waals surface area contributed by atoms with Gasteiger partial charge in [0.25, 0.3) is 0 Å². The zero-order valence-electron chi connectivity index (χ0n) is 25.9. The lowest BCUT2D eigenvalue weighted by Gasteiger charge is -2.12. The van der Waals surface area contributed by atoms with E-state index >= 15 is 0 Å². The number of allylic oxidation sites excluding steroid dienone is 8. The minimum atomic E-state index is 0.923. The van der Waals surface area contributed by atoms with Crippen LogP contribution in [-0.2, 0) is 0 Å². The van der Waals surface area contributed by atoms with Gasteiger partial charge < -0.3 is 16.0 Å². The van der Waals surface area contributed by atoms with Crippen molar-refractivity contribution in [2.24, 2.45) is 11.5 Å². The number of hydrogen-bond acceptors (Lipinski definition) is 2. The summed E-state index contributed by atoms with van der Waals surface area (Å²) in [7, 11) is 0. The van der Waals surface area contributed by atoms with Gasteiger partial charge in [-0.3, -0.25) is 0 Å². The van der Waals surface area contributed by atoms with Gasteiger partial charge in [0.2, 0.25) is 0 Å². The van der Waals surface area contributed by atoms with Crippen molar-refractivity contribution < 1.29 is 0 Å². The van der Waals surface area contributed by atoms with Gasteiger partial charge in [-0.1, -0.05) is 103 Å². The lowest BCUT2D eigenvalue weighted by Crippen LogP contribution is -1.95. The van der Waals surface area contributed by atoms with Crippen molar-refractivity contribution >= 4 is 43.7 Å². The molecule has 6 aromatic rings. The van der Waals surface area contributed by atoms with Gasteiger partial charge in [-0.2, -0.15) is 0 Å². The van der Waals surface area contributed by atoms with Gasteiger partial charge in [-0.15, -0.1) is 0 Å². The fourth-order valence-corrected chi connectivity index (χ4v) is 6.04. The SMILES string of the molecule is C/C=C(\C)c1cccc(-c2ccc3c(ccc4c5ccc(C(/C=C\CC/C=C\C=C/N)=C/N)cc5n(-c5ccccc5)c34)c2)c1. The van der Waals surface area contributed by atoms with Crippen molar-refractivity contribution in [3.63, 3.8) is 0 Å². The normalized spacial score (nSPS) is 13.0.